The minimum absolute atomic E-state index is 0.351. The Morgan fingerprint density at radius 1 is 0.500 bits per heavy atom. The van der Waals surface area contributed by atoms with Crippen LogP contribution in [-0.4, -0.2) is 47.8 Å². The summed E-state index contributed by atoms with van der Waals surface area (Å²) in [6.07, 6.45) is -20.4. The molecule has 0 aliphatic heterocycles. The SMILES string of the molecule is N#Cc1c(F)c(F)c(OC(F)(F)C(F)(F)C(F)(F)C(F)(F)C(F)(F)C(F)(F)C(F)(F)CCC(F)(F)F)c(F)c1F. The van der Waals surface area contributed by atoms with Crippen LogP contribution in [0.1, 0.15) is 18.4 Å². The van der Waals surface area contributed by atoms with Crippen molar-refractivity contribution in [1.82, 2.24) is 0 Å². The summed E-state index contributed by atoms with van der Waals surface area (Å²) >= 11 is 0. The molecule has 23 heteroatoms. The van der Waals surface area contributed by atoms with Crippen molar-refractivity contribution in [3.8, 4) is 11.8 Å². The van der Waals surface area contributed by atoms with Gasteiger partial charge in [0.15, 0.2) is 11.6 Å². The summed E-state index contributed by atoms with van der Waals surface area (Å²) in [7, 11) is 0. The highest BCUT2D eigenvalue weighted by molar-refractivity contribution is 5.41. The van der Waals surface area contributed by atoms with E-state index in [-0.39, 0.29) is 0 Å². The molecule has 0 spiro atoms. The number of ether oxygens (including phenoxy) is 1. The first kappa shape index (κ1) is 35.1. The van der Waals surface area contributed by atoms with E-state index in [4.69, 9.17) is 5.26 Å². The average molecular weight is 637 g/mol. The first-order chi connectivity index (χ1) is 17.4. The maximum atomic E-state index is 13.8. The predicted molar refractivity (Wildman–Crippen MR) is 81.5 cm³/mol. The number of alkyl halides is 17. The van der Waals surface area contributed by atoms with E-state index in [9.17, 15) is 92.2 Å². The molecule has 0 amide bonds. The molecule has 0 aliphatic rings. The average Bonchev–Trinajstić information content (AvgIpc) is 2.78. The largest absolute Gasteiger partial charge is 0.471 e. The zero-order valence-electron chi connectivity index (χ0n) is 17.7. The summed E-state index contributed by atoms with van der Waals surface area (Å²) in [6.45, 7) is 0. The fourth-order valence-corrected chi connectivity index (χ4v) is 2.45. The van der Waals surface area contributed by atoms with Crippen LogP contribution in [0.5, 0.6) is 5.75 Å². The third kappa shape index (κ3) is 5.12. The lowest BCUT2D eigenvalue weighted by Gasteiger charge is -2.42. The van der Waals surface area contributed by atoms with Crippen molar-refractivity contribution in [1.29, 1.82) is 5.26 Å². The van der Waals surface area contributed by atoms with E-state index in [1.165, 1.54) is 0 Å². The number of benzene rings is 1. The molecule has 0 unspecified atom stereocenters. The highest BCUT2D eigenvalue weighted by Gasteiger charge is 2.93. The maximum absolute atomic E-state index is 13.8. The van der Waals surface area contributed by atoms with Crippen molar-refractivity contribution in [2.45, 2.75) is 60.7 Å². The number of nitrogens with zero attached hydrogens (tertiary/aromatic N) is 1. The van der Waals surface area contributed by atoms with E-state index < -0.39 is 95.2 Å². The summed E-state index contributed by atoms with van der Waals surface area (Å²) < 4.78 is 283. The maximum Gasteiger partial charge on any atom is 0.471 e. The molecule has 40 heavy (non-hydrogen) atoms. The first-order valence-electron chi connectivity index (χ1n) is 9.06. The van der Waals surface area contributed by atoms with Crippen LogP contribution < -0.4 is 4.74 Å². The van der Waals surface area contributed by atoms with Gasteiger partial charge < -0.3 is 4.74 Å². The molecule has 0 N–H and O–H groups in total. The van der Waals surface area contributed by atoms with E-state index >= 15 is 0 Å². The number of rotatable bonds is 10. The number of hydrogen-bond acceptors (Lipinski definition) is 2. The molecular formula is C17H4F21NO. The van der Waals surface area contributed by atoms with Crippen LogP contribution in [-0.2, 0) is 0 Å². The molecule has 1 aromatic rings. The zero-order valence-corrected chi connectivity index (χ0v) is 17.7. The lowest BCUT2D eigenvalue weighted by molar-refractivity contribution is -0.458. The standard InChI is InChI=1S/C17H4F21NO/c18-5-4(3-39)6(19)8(21)9(7(5)20)40-17(37,38)16(35,36)15(33,34)14(31,32)13(29,30)12(27,28)10(22,23)1-2-11(24,25)26/h1-2H2. The molecule has 0 radical (unpaired) electrons. The lowest BCUT2D eigenvalue weighted by atomic mass is 9.89. The van der Waals surface area contributed by atoms with Gasteiger partial charge in [-0.05, 0) is 0 Å². The van der Waals surface area contributed by atoms with Gasteiger partial charge in [-0.2, -0.15) is 88.7 Å². The molecule has 1 aromatic carbocycles. The monoisotopic (exact) mass is 637 g/mol. The van der Waals surface area contributed by atoms with Crippen LogP contribution in [0.25, 0.3) is 0 Å². The Balaban J connectivity index is 3.68. The molecule has 0 atom stereocenters. The fraction of sp³-hybridized carbons (Fsp3) is 0.588. The van der Waals surface area contributed by atoms with Crippen LogP contribution in [0.4, 0.5) is 92.2 Å². The molecule has 1 rings (SSSR count). The van der Waals surface area contributed by atoms with Crippen LogP contribution in [0, 0.1) is 34.6 Å². The van der Waals surface area contributed by atoms with E-state index in [1.54, 1.807) is 0 Å². The van der Waals surface area contributed by atoms with Gasteiger partial charge in [-0.15, -0.1) is 0 Å². The zero-order chi connectivity index (χ0) is 32.3. The lowest BCUT2D eigenvalue weighted by Crippen LogP contribution is -2.73. The van der Waals surface area contributed by atoms with Crippen LogP contribution >= 0.6 is 0 Å². The van der Waals surface area contributed by atoms with Gasteiger partial charge in [-0.1, -0.05) is 0 Å². The quantitative estimate of drug-likeness (QED) is 0.191. The van der Waals surface area contributed by atoms with Gasteiger partial charge in [0, 0.05) is 12.8 Å². The molecular weight excluding hydrogens is 633 g/mol. The van der Waals surface area contributed by atoms with E-state index in [0.717, 1.165) is 0 Å². The van der Waals surface area contributed by atoms with Crippen LogP contribution in [0.3, 0.4) is 0 Å². The third-order valence-corrected chi connectivity index (χ3v) is 4.69. The van der Waals surface area contributed by atoms with Gasteiger partial charge in [0.1, 0.15) is 11.6 Å². The molecule has 0 saturated heterocycles. The summed E-state index contributed by atoms with van der Waals surface area (Å²) in [5.74, 6) is -66.2. The van der Waals surface area contributed by atoms with Crippen molar-refractivity contribution < 1.29 is 96.9 Å². The van der Waals surface area contributed by atoms with E-state index in [1.807, 2.05) is 0 Å². The smallest absolute Gasteiger partial charge is 0.421 e. The topological polar surface area (TPSA) is 33.0 Å². The Bertz CT molecular complexity index is 1130. The molecule has 230 valence electrons. The Morgan fingerprint density at radius 2 is 0.850 bits per heavy atom. The minimum Gasteiger partial charge on any atom is -0.421 e. The number of hydrogen-bond donors (Lipinski definition) is 0. The normalized spacial score (nSPS) is 14.8. The second-order valence-electron chi connectivity index (χ2n) is 7.38. The second-order valence-corrected chi connectivity index (χ2v) is 7.38. The van der Waals surface area contributed by atoms with Gasteiger partial charge in [0.2, 0.25) is 17.4 Å². The Hall–Kier alpha value is -2.96. The Morgan fingerprint density at radius 3 is 1.20 bits per heavy atom. The summed E-state index contributed by atoms with van der Waals surface area (Å²) in [4.78, 5) is 0. The fourth-order valence-electron chi connectivity index (χ4n) is 2.45. The van der Waals surface area contributed by atoms with E-state index in [0.29, 0.717) is 6.07 Å². The highest BCUT2D eigenvalue weighted by atomic mass is 19.4. The van der Waals surface area contributed by atoms with Gasteiger partial charge in [0.05, 0.1) is 0 Å². The van der Waals surface area contributed by atoms with E-state index in [2.05, 4.69) is 4.74 Å². The molecule has 0 saturated carbocycles. The van der Waals surface area contributed by atoms with Gasteiger partial charge >= 0.3 is 47.8 Å². The third-order valence-electron chi connectivity index (χ3n) is 4.69. The van der Waals surface area contributed by atoms with Crippen LogP contribution in [0.2, 0.25) is 0 Å². The molecule has 0 fully saturated rings. The Labute approximate surface area is 204 Å². The molecule has 0 heterocycles. The highest BCUT2D eigenvalue weighted by Crippen LogP contribution is 2.63. The summed E-state index contributed by atoms with van der Waals surface area (Å²) in [5, 5.41) is 8.27. The van der Waals surface area contributed by atoms with Gasteiger partial charge in [0.25, 0.3) is 0 Å². The van der Waals surface area contributed by atoms with Gasteiger partial charge in [-0.3, -0.25) is 0 Å². The molecule has 2 nitrogen and oxygen atoms in total. The van der Waals surface area contributed by atoms with Crippen molar-refractivity contribution in [3.63, 3.8) is 0 Å². The van der Waals surface area contributed by atoms with Crippen molar-refractivity contribution >= 4 is 0 Å². The molecule has 0 bridgehead atoms. The van der Waals surface area contributed by atoms with Crippen molar-refractivity contribution in [2.75, 3.05) is 0 Å². The van der Waals surface area contributed by atoms with Crippen molar-refractivity contribution in [3.05, 3.63) is 28.8 Å². The minimum atomic E-state index is -8.79. The molecule has 0 aliphatic carbocycles. The van der Waals surface area contributed by atoms with Crippen molar-refractivity contribution in [2.24, 2.45) is 0 Å². The van der Waals surface area contributed by atoms with Gasteiger partial charge in [-0.25, -0.2) is 8.78 Å². The second kappa shape index (κ2) is 9.85. The van der Waals surface area contributed by atoms with Crippen LogP contribution in [0.15, 0.2) is 0 Å². The summed E-state index contributed by atoms with van der Waals surface area (Å²) in [5.41, 5.74) is -2.33. The molecule has 0 aromatic heterocycles. The number of halogens is 21. The first-order valence-corrected chi connectivity index (χ1v) is 9.06. The number of nitriles is 1. The predicted octanol–water partition coefficient (Wildman–Crippen LogP) is 8.24. The Kier molecular flexibility index (Phi) is 8.63. The summed E-state index contributed by atoms with van der Waals surface area (Å²) in [6, 6.07) is 0.351.